The van der Waals surface area contributed by atoms with Crippen LogP contribution in [-0.4, -0.2) is 21.4 Å². The van der Waals surface area contributed by atoms with E-state index in [1.165, 1.54) is 6.92 Å². The van der Waals surface area contributed by atoms with Crippen molar-refractivity contribution in [3.63, 3.8) is 0 Å². The van der Waals surface area contributed by atoms with Gasteiger partial charge in [0, 0.05) is 5.56 Å². The van der Waals surface area contributed by atoms with Crippen molar-refractivity contribution < 1.29 is 22.4 Å². The van der Waals surface area contributed by atoms with E-state index in [1.54, 1.807) is 12.1 Å². The van der Waals surface area contributed by atoms with Gasteiger partial charge in [0.25, 0.3) is 5.22 Å². The van der Waals surface area contributed by atoms with E-state index in [0.29, 0.717) is 5.89 Å². The van der Waals surface area contributed by atoms with Crippen LogP contribution in [0.2, 0.25) is 0 Å². The molecule has 9 heteroatoms. The van der Waals surface area contributed by atoms with Crippen molar-refractivity contribution >= 4 is 23.4 Å². The van der Waals surface area contributed by atoms with Crippen molar-refractivity contribution in [2.45, 2.75) is 17.4 Å². The van der Waals surface area contributed by atoms with Gasteiger partial charge in [-0.15, -0.1) is 10.2 Å². The van der Waals surface area contributed by atoms with Gasteiger partial charge in [-0.25, -0.2) is 13.2 Å². The Morgan fingerprint density at radius 1 is 1.08 bits per heavy atom. The molecule has 0 aliphatic rings. The van der Waals surface area contributed by atoms with Crippen LogP contribution in [0.4, 0.5) is 18.9 Å². The van der Waals surface area contributed by atoms with Crippen LogP contribution in [-0.2, 0) is 4.79 Å². The fourth-order valence-electron chi connectivity index (χ4n) is 2.02. The minimum atomic E-state index is -1.65. The Hall–Kier alpha value is -2.81. The summed E-state index contributed by atoms with van der Waals surface area (Å²) in [6.45, 7) is 1.53. The molecule has 3 rings (SSSR count). The minimum Gasteiger partial charge on any atom is -0.411 e. The van der Waals surface area contributed by atoms with E-state index in [-0.39, 0.29) is 5.22 Å². The van der Waals surface area contributed by atoms with Crippen LogP contribution in [0, 0.1) is 17.5 Å². The predicted molar refractivity (Wildman–Crippen MR) is 90.0 cm³/mol. The molecule has 0 fully saturated rings. The maximum atomic E-state index is 13.6. The van der Waals surface area contributed by atoms with Crippen molar-refractivity contribution in [3.8, 4) is 11.5 Å². The zero-order valence-corrected chi connectivity index (χ0v) is 14.2. The van der Waals surface area contributed by atoms with Crippen LogP contribution in [0.3, 0.4) is 0 Å². The Morgan fingerprint density at radius 3 is 2.54 bits per heavy atom. The molecule has 1 heterocycles. The Kier molecular flexibility index (Phi) is 5.27. The highest BCUT2D eigenvalue weighted by Gasteiger charge is 2.21. The number of carbonyl (C=O) groups is 1. The molecule has 1 N–H and O–H groups in total. The SMILES string of the molecule is CC(Sc1nnc(-c2ccccc2)o1)C(=O)Nc1ccc(F)c(F)c1F. The van der Waals surface area contributed by atoms with E-state index < -0.39 is 34.3 Å². The van der Waals surface area contributed by atoms with Gasteiger partial charge >= 0.3 is 0 Å². The highest BCUT2D eigenvalue weighted by Crippen LogP contribution is 2.27. The molecule has 0 saturated heterocycles. The molecule has 5 nitrogen and oxygen atoms in total. The number of carbonyl (C=O) groups excluding carboxylic acids is 1. The lowest BCUT2D eigenvalue weighted by molar-refractivity contribution is -0.115. The topological polar surface area (TPSA) is 68.0 Å². The molecule has 0 bridgehead atoms. The number of aromatic nitrogens is 2. The standard InChI is InChI=1S/C17H12F3N3O2S/c1-9(15(24)21-12-8-7-11(18)13(19)14(12)20)26-17-23-22-16(25-17)10-5-3-2-4-6-10/h2-9H,1H3,(H,21,24). The van der Waals surface area contributed by atoms with E-state index in [9.17, 15) is 18.0 Å². The van der Waals surface area contributed by atoms with E-state index >= 15 is 0 Å². The van der Waals surface area contributed by atoms with Gasteiger partial charge in [0.1, 0.15) is 0 Å². The maximum absolute atomic E-state index is 13.6. The second-order valence-electron chi connectivity index (χ2n) is 5.21. The molecule has 0 aliphatic carbocycles. The van der Waals surface area contributed by atoms with Crippen LogP contribution in [0.25, 0.3) is 11.5 Å². The van der Waals surface area contributed by atoms with Gasteiger partial charge in [-0.3, -0.25) is 4.79 Å². The second-order valence-corrected chi connectivity index (χ2v) is 6.50. The summed E-state index contributed by atoms with van der Waals surface area (Å²) in [7, 11) is 0. The van der Waals surface area contributed by atoms with Crippen LogP contribution in [0.5, 0.6) is 0 Å². The minimum absolute atomic E-state index is 0.150. The van der Waals surface area contributed by atoms with Crippen LogP contribution in [0.15, 0.2) is 52.1 Å². The van der Waals surface area contributed by atoms with Crippen molar-refractivity contribution in [2.24, 2.45) is 0 Å². The first-order valence-electron chi connectivity index (χ1n) is 7.45. The Bertz CT molecular complexity index is 934. The molecule has 26 heavy (non-hydrogen) atoms. The molecule has 3 aromatic rings. The molecule has 0 aliphatic heterocycles. The Labute approximate surface area is 150 Å². The Balaban J connectivity index is 1.67. The number of rotatable bonds is 5. The van der Waals surface area contributed by atoms with Gasteiger partial charge in [-0.1, -0.05) is 30.0 Å². The van der Waals surface area contributed by atoms with Gasteiger partial charge in [-0.05, 0) is 31.2 Å². The lowest BCUT2D eigenvalue weighted by Gasteiger charge is -2.11. The molecule has 1 amide bonds. The van der Waals surface area contributed by atoms with Gasteiger partial charge in [0.2, 0.25) is 11.8 Å². The largest absolute Gasteiger partial charge is 0.411 e. The fraction of sp³-hybridized carbons (Fsp3) is 0.118. The van der Waals surface area contributed by atoms with Gasteiger partial charge in [0.15, 0.2) is 17.5 Å². The first kappa shape index (κ1) is 18.0. The number of nitrogens with zero attached hydrogens (tertiary/aromatic N) is 2. The van der Waals surface area contributed by atoms with Crippen molar-refractivity contribution in [2.75, 3.05) is 5.32 Å². The summed E-state index contributed by atoms with van der Waals surface area (Å²) in [6.07, 6.45) is 0. The number of hydrogen-bond donors (Lipinski definition) is 1. The number of anilines is 1. The van der Waals surface area contributed by atoms with Gasteiger partial charge in [-0.2, -0.15) is 0 Å². The molecule has 2 aromatic carbocycles. The summed E-state index contributed by atoms with van der Waals surface area (Å²) in [5, 5.41) is 9.36. The van der Waals surface area contributed by atoms with Crippen molar-refractivity contribution in [3.05, 3.63) is 59.9 Å². The number of amides is 1. The molecule has 1 aromatic heterocycles. The average molecular weight is 379 g/mol. The highest BCUT2D eigenvalue weighted by atomic mass is 32.2. The highest BCUT2D eigenvalue weighted by molar-refractivity contribution is 8.00. The normalized spacial score (nSPS) is 12.0. The average Bonchev–Trinajstić information content (AvgIpc) is 3.11. The molecule has 1 atom stereocenters. The molecular formula is C17H12F3N3O2S. The monoisotopic (exact) mass is 379 g/mol. The zero-order chi connectivity index (χ0) is 18.7. The summed E-state index contributed by atoms with van der Waals surface area (Å²) >= 11 is 0.957. The van der Waals surface area contributed by atoms with Gasteiger partial charge < -0.3 is 9.73 Å². The number of halogens is 3. The van der Waals surface area contributed by atoms with E-state index in [2.05, 4.69) is 15.5 Å². The third-order valence-corrected chi connectivity index (χ3v) is 4.30. The van der Waals surface area contributed by atoms with Crippen LogP contribution >= 0.6 is 11.8 Å². The molecule has 0 saturated carbocycles. The van der Waals surface area contributed by atoms with E-state index in [0.717, 1.165) is 29.5 Å². The summed E-state index contributed by atoms with van der Waals surface area (Å²) in [5.74, 6) is -4.76. The quantitative estimate of drug-likeness (QED) is 0.530. The summed E-state index contributed by atoms with van der Waals surface area (Å²) < 4.78 is 45.2. The summed E-state index contributed by atoms with van der Waals surface area (Å²) in [6, 6.07) is 10.8. The van der Waals surface area contributed by atoms with Crippen molar-refractivity contribution in [1.29, 1.82) is 0 Å². The Morgan fingerprint density at radius 2 is 1.81 bits per heavy atom. The lowest BCUT2D eigenvalue weighted by Crippen LogP contribution is -2.23. The third-order valence-electron chi connectivity index (χ3n) is 3.37. The molecular weight excluding hydrogens is 367 g/mol. The lowest BCUT2D eigenvalue weighted by atomic mass is 10.2. The molecule has 0 radical (unpaired) electrons. The van der Waals surface area contributed by atoms with Crippen molar-refractivity contribution in [1.82, 2.24) is 10.2 Å². The molecule has 1 unspecified atom stereocenters. The fourth-order valence-corrected chi connectivity index (χ4v) is 2.70. The third kappa shape index (κ3) is 3.88. The first-order chi connectivity index (χ1) is 12.5. The second kappa shape index (κ2) is 7.61. The summed E-state index contributed by atoms with van der Waals surface area (Å²) in [4.78, 5) is 12.1. The molecule has 0 spiro atoms. The number of hydrogen-bond acceptors (Lipinski definition) is 5. The zero-order valence-electron chi connectivity index (χ0n) is 13.4. The first-order valence-corrected chi connectivity index (χ1v) is 8.33. The number of nitrogens with one attached hydrogen (secondary N) is 1. The van der Waals surface area contributed by atoms with Gasteiger partial charge in [0.05, 0.1) is 10.9 Å². The predicted octanol–water partition coefficient (Wildman–Crippen LogP) is 4.27. The molecule has 134 valence electrons. The number of thioether (sulfide) groups is 1. The van der Waals surface area contributed by atoms with Crippen LogP contribution in [0.1, 0.15) is 6.92 Å². The van der Waals surface area contributed by atoms with Crippen LogP contribution < -0.4 is 5.32 Å². The van der Waals surface area contributed by atoms with E-state index in [4.69, 9.17) is 4.42 Å². The smallest absolute Gasteiger partial charge is 0.277 e. The maximum Gasteiger partial charge on any atom is 0.277 e. The number of benzene rings is 2. The summed E-state index contributed by atoms with van der Waals surface area (Å²) in [5.41, 5.74) is 0.282. The van der Waals surface area contributed by atoms with E-state index in [1.807, 2.05) is 18.2 Å².